The zero-order valence-electron chi connectivity index (χ0n) is 6.24. The number of amides is 1. The van der Waals surface area contributed by atoms with Gasteiger partial charge < -0.3 is 10.0 Å². The number of rotatable bonds is 3. The second-order valence-electron chi connectivity index (χ2n) is 2.45. The van der Waals surface area contributed by atoms with Gasteiger partial charge in [0.05, 0.1) is 6.54 Å². The van der Waals surface area contributed by atoms with E-state index in [0.29, 0.717) is 6.54 Å². The third-order valence-corrected chi connectivity index (χ3v) is 1.55. The van der Waals surface area contributed by atoms with Crippen LogP contribution in [0.4, 0.5) is 4.39 Å². The van der Waals surface area contributed by atoms with Gasteiger partial charge in [-0.1, -0.05) is 6.08 Å². The molecule has 0 saturated carbocycles. The Kier molecular flexibility index (Phi) is 2.42. The molecule has 1 N–H and O–H groups in total. The summed E-state index contributed by atoms with van der Waals surface area (Å²) < 4.78 is 12.5. The normalized spacial score (nSPS) is 18.4. The van der Waals surface area contributed by atoms with Crippen LogP contribution in [0.2, 0.25) is 0 Å². The first-order valence-corrected chi connectivity index (χ1v) is 3.43. The van der Waals surface area contributed by atoms with Gasteiger partial charge in [-0.05, 0) is 0 Å². The Morgan fingerprint density at radius 1 is 1.83 bits per heavy atom. The summed E-state index contributed by atoms with van der Waals surface area (Å²) in [6, 6.07) is 0. The van der Waals surface area contributed by atoms with E-state index in [-0.39, 0.29) is 12.5 Å². The van der Waals surface area contributed by atoms with Gasteiger partial charge in [-0.25, -0.2) is 9.18 Å². The molecule has 0 saturated heterocycles. The highest BCUT2D eigenvalue weighted by Gasteiger charge is 2.23. The molecule has 4 nitrogen and oxygen atoms in total. The van der Waals surface area contributed by atoms with Gasteiger partial charge in [0.1, 0.15) is 0 Å². The Morgan fingerprint density at radius 3 is 2.92 bits per heavy atom. The fourth-order valence-corrected chi connectivity index (χ4v) is 0.912. The molecule has 1 unspecified atom stereocenters. The van der Waals surface area contributed by atoms with Crippen LogP contribution in [0, 0.1) is 0 Å². The minimum Gasteiger partial charge on any atom is -0.479 e. The highest BCUT2D eigenvalue weighted by Crippen LogP contribution is 2.04. The van der Waals surface area contributed by atoms with Crippen molar-refractivity contribution in [1.82, 2.24) is 4.90 Å². The van der Waals surface area contributed by atoms with Gasteiger partial charge in [-0.2, -0.15) is 0 Å². The second-order valence-corrected chi connectivity index (χ2v) is 2.45. The Labute approximate surface area is 68.3 Å². The fourth-order valence-electron chi connectivity index (χ4n) is 0.912. The quantitative estimate of drug-likeness (QED) is 0.643. The summed E-state index contributed by atoms with van der Waals surface area (Å²) in [4.78, 5) is 22.0. The molecule has 5 heteroatoms. The van der Waals surface area contributed by atoms with Gasteiger partial charge in [0, 0.05) is 12.6 Å². The Morgan fingerprint density at radius 2 is 2.50 bits per heavy atom. The molecule has 0 radical (unpaired) electrons. The lowest BCUT2D eigenvalue weighted by Crippen LogP contribution is -2.35. The van der Waals surface area contributed by atoms with Gasteiger partial charge in [-0.3, -0.25) is 4.79 Å². The number of hydrogen-bond acceptors (Lipinski definition) is 2. The van der Waals surface area contributed by atoms with Crippen LogP contribution >= 0.6 is 0 Å². The van der Waals surface area contributed by atoms with E-state index in [4.69, 9.17) is 5.11 Å². The maximum Gasteiger partial charge on any atom is 0.340 e. The van der Waals surface area contributed by atoms with Crippen LogP contribution in [0.5, 0.6) is 0 Å². The van der Waals surface area contributed by atoms with Crippen molar-refractivity contribution in [2.24, 2.45) is 0 Å². The summed E-state index contributed by atoms with van der Waals surface area (Å²) in [5.74, 6) is -1.87. The van der Waals surface area contributed by atoms with Crippen LogP contribution < -0.4 is 0 Å². The predicted octanol–water partition coefficient (Wildman–Crippen LogP) is -0.192. The molecule has 0 fully saturated rings. The third kappa shape index (κ3) is 1.81. The molecule has 1 amide bonds. The van der Waals surface area contributed by atoms with Crippen LogP contribution in [0.3, 0.4) is 0 Å². The molecule has 0 aromatic carbocycles. The molecule has 1 aliphatic heterocycles. The second kappa shape index (κ2) is 3.34. The van der Waals surface area contributed by atoms with Crippen molar-refractivity contribution in [2.45, 2.75) is 6.17 Å². The Hall–Kier alpha value is -1.39. The van der Waals surface area contributed by atoms with Crippen LogP contribution in [-0.2, 0) is 9.59 Å². The Balaban J connectivity index is 2.42. The number of hydrogen-bond donors (Lipinski definition) is 1. The summed E-state index contributed by atoms with van der Waals surface area (Å²) >= 11 is 0. The van der Waals surface area contributed by atoms with Crippen LogP contribution in [0.15, 0.2) is 12.2 Å². The summed E-state index contributed by atoms with van der Waals surface area (Å²) in [6.07, 6.45) is 0.875. The van der Waals surface area contributed by atoms with Crippen molar-refractivity contribution in [3.63, 3.8) is 0 Å². The number of carbonyl (C=O) groups excluding carboxylic acids is 1. The number of carbonyl (C=O) groups is 2. The van der Waals surface area contributed by atoms with E-state index in [1.807, 2.05) is 0 Å². The number of alkyl halides is 1. The fraction of sp³-hybridized carbons (Fsp3) is 0.429. The lowest BCUT2D eigenvalue weighted by atomic mass is 10.3. The lowest BCUT2D eigenvalue weighted by Gasteiger charge is -2.15. The van der Waals surface area contributed by atoms with Gasteiger partial charge in [0.25, 0.3) is 0 Å². The van der Waals surface area contributed by atoms with E-state index in [1.54, 1.807) is 6.08 Å². The molecular formula is C7H8FNO3. The van der Waals surface area contributed by atoms with E-state index >= 15 is 0 Å². The highest BCUT2D eigenvalue weighted by atomic mass is 19.1. The topological polar surface area (TPSA) is 57.6 Å². The van der Waals surface area contributed by atoms with Gasteiger partial charge >= 0.3 is 5.97 Å². The van der Waals surface area contributed by atoms with Crippen molar-refractivity contribution in [3.05, 3.63) is 12.2 Å². The molecule has 1 heterocycles. The van der Waals surface area contributed by atoms with Crippen molar-refractivity contribution < 1.29 is 19.1 Å². The predicted molar refractivity (Wildman–Crippen MR) is 38.3 cm³/mol. The van der Waals surface area contributed by atoms with Gasteiger partial charge in [0.2, 0.25) is 12.1 Å². The van der Waals surface area contributed by atoms with Crippen molar-refractivity contribution in [2.75, 3.05) is 13.1 Å². The molecule has 0 spiro atoms. The molecule has 1 aliphatic rings. The number of carboxylic acids is 1. The zero-order valence-corrected chi connectivity index (χ0v) is 6.24. The van der Waals surface area contributed by atoms with E-state index in [9.17, 15) is 14.0 Å². The molecular weight excluding hydrogens is 165 g/mol. The first-order valence-electron chi connectivity index (χ1n) is 3.43. The standard InChI is InChI=1S/C7H8FNO3/c8-5(7(11)12)4-9-3-1-2-6(9)10/h1-2,5H,3-4H2,(H,11,12). The Bertz CT molecular complexity index is 239. The SMILES string of the molecule is O=C(O)C(F)CN1CC=CC1=O. The molecule has 1 rings (SSSR count). The van der Waals surface area contributed by atoms with Crippen LogP contribution in [-0.4, -0.2) is 41.1 Å². The van der Waals surface area contributed by atoms with Gasteiger partial charge in [0.15, 0.2) is 0 Å². The number of carboxylic acid groups (broad SMARTS) is 1. The van der Waals surface area contributed by atoms with Crippen molar-refractivity contribution >= 4 is 11.9 Å². The first-order chi connectivity index (χ1) is 5.61. The minimum absolute atomic E-state index is 0.298. The largest absolute Gasteiger partial charge is 0.479 e. The average molecular weight is 173 g/mol. The monoisotopic (exact) mass is 173 g/mol. The minimum atomic E-state index is -1.99. The lowest BCUT2D eigenvalue weighted by molar-refractivity contribution is -0.144. The molecule has 0 aromatic rings. The molecule has 0 aliphatic carbocycles. The van der Waals surface area contributed by atoms with E-state index < -0.39 is 12.1 Å². The van der Waals surface area contributed by atoms with E-state index in [2.05, 4.69) is 0 Å². The first kappa shape index (κ1) is 8.70. The smallest absolute Gasteiger partial charge is 0.340 e. The van der Waals surface area contributed by atoms with Gasteiger partial charge in [-0.15, -0.1) is 0 Å². The molecule has 0 bridgehead atoms. The van der Waals surface area contributed by atoms with Crippen molar-refractivity contribution in [3.8, 4) is 0 Å². The van der Waals surface area contributed by atoms with Crippen LogP contribution in [0.1, 0.15) is 0 Å². The summed E-state index contributed by atoms with van der Waals surface area (Å²) in [6.45, 7) is -0.0757. The van der Waals surface area contributed by atoms with Crippen molar-refractivity contribution in [1.29, 1.82) is 0 Å². The zero-order chi connectivity index (χ0) is 9.14. The highest BCUT2D eigenvalue weighted by molar-refractivity contribution is 5.90. The number of nitrogens with zero attached hydrogens (tertiary/aromatic N) is 1. The molecule has 66 valence electrons. The van der Waals surface area contributed by atoms with E-state index in [1.165, 1.54) is 6.08 Å². The number of aliphatic carboxylic acids is 1. The maximum atomic E-state index is 12.5. The van der Waals surface area contributed by atoms with E-state index in [0.717, 1.165) is 4.90 Å². The number of halogens is 1. The molecule has 1 atom stereocenters. The molecule has 0 aromatic heterocycles. The maximum absolute atomic E-state index is 12.5. The summed E-state index contributed by atoms with van der Waals surface area (Å²) in [7, 11) is 0. The molecule has 12 heavy (non-hydrogen) atoms. The summed E-state index contributed by atoms with van der Waals surface area (Å²) in [5.41, 5.74) is 0. The average Bonchev–Trinajstić information content (AvgIpc) is 2.36. The van der Waals surface area contributed by atoms with Crippen LogP contribution in [0.25, 0.3) is 0 Å². The summed E-state index contributed by atoms with van der Waals surface area (Å²) in [5, 5.41) is 8.20. The third-order valence-electron chi connectivity index (χ3n) is 1.55.